The summed E-state index contributed by atoms with van der Waals surface area (Å²) >= 11 is 0. The fraction of sp³-hybridized carbons (Fsp3) is 0.217. The zero-order valence-electron chi connectivity index (χ0n) is 16.0. The molecule has 2 amide bonds. The summed E-state index contributed by atoms with van der Waals surface area (Å²) in [4.78, 5) is 26.1. The van der Waals surface area contributed by atoms with Crippen molar-refractivity contribution in [1.29, 1.82) is 0 Å². The second-order valence-electron chi connectivity index (χ2n) is 6.98. The van der Waals surface area contributed by atoms with Gasteiger partial charge in [-0.3, -0.25) is 14.9 Å². The molecule has 1 saturated heterocycles. The van der Waals surface area contributed by atoms with Gasteiger partial charge in [0, 0.05) is 24.3 Å². The van der Waals surface area contributed by atoms with E-state index in [1.54, 1.807) is 11.2 Å². The molecule has 2 aromatic carbocycles. The molecule has 0 aliphatic carbocycles. The van der Waals surface area contributed by atoms with E-state index in [9.17, 15) is 9.59 Å². The number of hydrogen-bond donors (Lipinski definition) is 2. The van der Waals surface area contributed by atoms with Gasteiger partial charge >= 0.3 is 0 Å². The van der Waals surface area contributed by atoms with Crippen LogP contribution in [-0.4, -0.2) is 24.9 Å². The molecule has 0 unspecified atom stereocenters. The lowest BCUT2D eigenvalue weighted by Crippen LogP contribution is -2.31. The maximum Gasteiger partial charge on any atom is 0.238 e. The second kappa shape index (κ2) is 8.75. The van der Waals surface area contributed by atoms with Crippen molar-refractivity contribution < 1.29 is 14.0 Å². The summed E-state index contributed by atoms with van der Waals surface area (Å²) in [6.07, 6.45) is 3.11. The standard InChI is InChI=1S/C23H23N3O3/c27-21(25-18-10-12-19(13-11-18)26-14-4-9-22(26)28)16-24-23(20-8-5-15-29-20)17-6-2-1-3-7-17/h1-3,5-8,10-13,15,23-24H,4,9,14,16H2,(H,25,27)/t23-/m1/s1. The molecule has 0 saturated carbocycles. The van der Waals surface area contributed by atoms with Crippen LogP contribution in [0.1, 0.15) is 30.2 Å². The Bertz CT molecular complexity index is 953. The molecule has 1 atom stereocenters. The van der Waals surface area contributed by atoms with Crippen LogP contribution in [0.15, 0.2) is 77.4 Å². The predicted molar refractivity (Wildman–Crippen MR) is 112 cm³/mol. The molecule has 2 N–H and O–H groups in total. The molecule has 0 spiro atoms. The number of carbonyl (C=O) groups excluding carboxylic acids is 2. The Hall–Kier alpha value is -3.38. The van der Waals surface area contributed by atoms with Gasteiger partial charge in [-0.15, -0.1) is 0 Å². The predicted octanol–water partition coefficient (Wildman–Crippen LogP) is 3.72. The Morgan fingerprint density at radius 1 is 1.03 bits per heavy atom. The third-order valence-corrected chi connectivity index (χ3v) is 4.96. The van der Waals surface area contributed by atoms with Gasteiger partial charge < -0.3 is 14.6 Å². The Morgan fingerprint density at radius 2 is 1.83 bits per heavy atom. The van der Waals surface area contributed by atoms with Crippen molar-refractivity contribution in [2.75, 3.05) is 23.3 Å². The van der Waals surface area contributed by atoms with Crippen molar-refractivity contribution >= 4 is 23.2 Å². The summed E-state index contributed by atoms with van der Waals surface area (Å²) in [5, 5.41) is 6.15. The smallest absolute Gasteiger partial charge is 0.238 e. The monoisotopic (exact) mass is 389 g/mol. The van der Waals surface area contributed by atoms with Crippen molar-refractivity contribution in [2.24, 2.45) is 0 Å². The first kappa shape index (κ1) is 19.0. The molecule has 1 fully saturated rings. The van der Waals surface area contributed by atoms with Gasteiger partial charge in [-0.1, -0.05) is 30.3 Å². The number of amides is 2. The van der Waals surface area contributed by atoms with Crippen LogP contribution in [0, 0.1) is 0 Å². The largest absolute Gasteiger partial charge is 0.467 e. The molecule has 29 heavy (non-hydrogen) atoms. The van der Waals surface area contributed by atoms with Crippen LogP contribution in [0.2, 0.25) is 0 Å². The van der Waals surface area contributed by atoms with Gasteiger partial charge in [-0.05, 0) is 48.4 Å². The maximum atomic E-state index is 12.4. The number of hydrogen-bond acceptors (Lipinski definition) is 4. The normalized spacial score (nSPS) is 14.8. The van der Waals surface area contributed by atoms with Crippen LogP contribution < -0.4 is 15.5 Å². The third-order valence-electron chi connectivity index (χ3n) is 4.96. The number of carbonyl (C=O) groups is 2. The first-order valence-electron chi connectivity index (χ1n) is 9.73. The van der Waals surface area contributed by atoms with Gasteiger partial charge in [-0.25, -0.2) is 0 Å². The quantitative estimate of drug-likeness (QED) is 0.646. The van der Waals surface area contributed by atoms with Crippen molar-refractivity contribution in [1.82, 2.24) is 5.32 Å². The number of nitrogens with zero attached hydrogens (tertiary/aromatic N) is 1. The van der Waals surface area contributed by atoms with E-state index in [1.807, 2.05) is 66.7 Å². The molecular formula is C23H23N3O3. The fourth-order valence-corrected chi connectivity index (χ4v) is 3.53. The molecule has 1 aromatic heterocycles. The summed E-state index contributed by atoms with van der Waals surface area (Å²) in [7, 11) is 0. The molecule has 0 bridgehead atoms. The van der Waals surface area contributed by atoms with Crippen molar-refractivity contribution in [3.8, 4) is 0 Å². The van der Waals surface area contributed by atoms with E-state index in [2.05, 4.69) is 10.6 Å². The molecule has 6 nitrogen and oxygen atoms in total. The SMILES string of the molecule is O=C(CN[C@H](c1ccccc1)c1ccco1)Nc1ccc(N2CCCC2=O)cc1. The van der Waals surface area contributed by atoms with E-state index in [0.717, 1.165) is 30.0 Å². The highest BCUT2D eigenvalue weighted by molar-refractivity contribution is 5.96. The van der Waals surface area contributed by atoms with Crippen LogP contribution in [0.5, 0.6) is 0 Å². The number of nitrogens with one attached hydrogen (secondary N) is 2. The summed E-state index contributed by atoms with van der Waals surface area (Å²) < 4.78 is 5.54. The summed E-state index contributed by atoms with van der Waals surface area (Å²) in [5.74, 6) is 0.752. The van der Waals surface area contributed by atoms with E-state index < -0.39 is 0 Å². The third kappa shape index (κ3) is 4.55. The highest BCUT2D eigenvalue weighted by Gasteiger charge is 2.21. The molecule has 3 aromatic rings. The number of furan rings is 1. The minimum absolute atomic E-state index is 0.132. The number of rotatable bonds is 7. The van der Waals surface area contributed by atoms with Crippen molar-refractivity contribution in [3.05, 3.63) is 84.3 Å². The van der Waals surface area contributed by atoms with Gasteiger partial charge in [-0.2, -0.15) is 0 Å². The van der Waals surface area contributed by atoms with E-state index in [-0.39, 0.29) is 24.4 Å². The number of benzene rings is 2. The average molecular weight is 389 g/mol. The van der Waals surface area contributed by atoms with Crippen LogP contribution in [0.25, 0.3) is 0 Å². The lowest BCUT2D eigenvalue weighted by atomic mass is 10.0. The Morgan fingerprint density at radius 3 is 2.48 bits per heavy atom. The van der Waals surface area contributed by atoms with Gasteiger partial charge in [0.2, 0.25) is 11.8 Å². The summed E-state index contributed by atoms with van der Waals surface area (Å²) in [6.45, 7) is 0.884. The van der Waals surface area contributed by atoms with Gasteiger partial charge in [0.15, 0.2) is 0 Å². The van der Waals surface area contributed by atoms with Crippen molar-refractivity contribution in [2.45, 2.75) is 18.9 Å². The Labute approximate surface area is 169 Å². The highest BCUT2D eigenvalue weighted by Crippen LogP contribution is 2.24. The lowest BCUT2D eigenvalue weighted by molar-refractivity contribution is -0.117. The zero-order chi connectivity index (χ0) is 20.1. The van der Waals surface area contributed by atoms with Crippen LogP contribution >= 0.6 is 0 Å². The topological polar surface area (TPSA) is 74.6 Å². The maximum absolute atomic E-state index is 12.4. The van der Waals surface area contributed by atoms with Crippen LogP contribution in [0.4, 0.5) is 11.4 Å². The highest BCUT2D eigenvalue weighted by atomic mass is 16.3. The summed E-state index contributed by atoms with van der Waals surface area (Å²) in [6, 6.07) is 20.7. The van der Waals surface area contributed by atoms with Crippen LogP contribution in [0.3, 0.4) is 0 Å². The van der Waals surface area contributed by atoms with E-state index >= 15 is 0 Å². The summed E-state index contributed by atoms with van der Waals surface area (Å²) in [5.41, 5.74) is 2.59. The molecule has 4 rings (SSSR count). The van der Waals surface area contributed by atoms with E-state index in [0.29, 0.717) is 12.1 Å². The molecule has 1 aliphatic rings. The first-order valence-corrected chi connectivity index (χ1v) is 9.73. The minimum Gasteiger partial charge on any atom is -0.467 e. The molecule has 148 valence electrons. The van der Waals surface area contributed by atoms with Gasteiger partial charge in [0.25, 0.3) is 0 Å². The fourth-order valence-electron chi connectivity index (χ4n) is 3.53. The second-order valence-corrected chi connectivity index (χ2v) is 6.98. The zero-order valence-corrected chi connectivity index (χ0v) is 16.0. The average Bonchev–Trinajstić information content (AvgIpc) is 3.42. The Balaban J connectivity index is 1.37. The molecule has 6 heteroatoms. The van der Waals surface area contributed by atoms with Gasteiger partial charge in [0.05, 0.1) is 18.8 Å². The molecule has 1 aliphatic heterocycles. The van der Waals surface area contributed by atoms with E-state index in [1.165, 1.54) is 0 Å². The minimum atomic E-state index is -0.208. The number of anilines is 2. The van der Waals surface area contributed by atoms with Gasteiger partial charge in [0.1, 0.15) is 5.76 Å². The van der Waals surface area contributed by atoms with E-state index in [4.69, 9.17) is 4.42 Å². The van der Waals surface area contributed by atoms with Crippen molar-refractivity contribution in [3.63, 3.8) is 0 Å². The lowest BCUT2D eigenvalue weighted by Gasteiger charge is -2.18. The first-order chi connectivity index (χ1) is 14.2. The molecule has 2 heterocycles. The molecule has 0 radical (unpaired) electrons. The van der Waals surface area contributed by atoms with Crippen LogP contribution in [-0.2, 0) is 9.59 Å². The molecular weight excluding hydrogens is 366 g/mol. The Kier molecular flexibility index (Phi) is 5.72.